The summed E-state index contributed by atoms with van der Waals surface area (Å²) in [4.78, 5) is 33.3. The minimum atomic E-state index is -0.190. The van der Waals surface area contributed by atoms with Crippen LogP contribution < -0.4 is 10.9 Å². The average Bonchev–Trinajstić information content (AvgIpc) is 3.36. The Kier molecular flexibility index (Phi) is 4.51. The van der Waals surface area contributed by atoms with Crippen LogP contribution in [0.2, 0.25) is 0 Å². The number of nitrogens with zero attached hydrogens (tertiary/aromatic N) is 1. The molecule has 2 aliphatic carbocycles. The maximum atomic E-state index is 13.1. The zero-order chi connectivity index (χ0) is 19.8. The number of nitrogens with one attached hydrogen (secondary N) is 2. The fourth-order valence-corrected chi connectivity index (χ4v) is 4.91. The molecule has 0 aliphatic heterocycles. The summed E-state index contributed by atoms with van der Waals surface area (Å²) in [7, 11) is 0. The summed E-state index contributed by atoms with van der Waals surface area (Å²) >= 11 is 0. The number of para-hydroxylation sites is 1. The molecular weight excluding hydrogens is 362 g/mol. The fourth-order valence-electron chi connectivity index (χ4n) is 4.91. The number of fused-ring (bicyclic) bond motifs is 3. The lowest BCUT2D eigenvalue weighted by atomic mass is 9.81. The van der Waals surface area contributed by atoms with Crippen molar-refractivity contribution in [3.63, 3.8) is 0 Å². The van der Waals surface area contributed by atoms with Gasteiger partial charge in [0.05, 0.1) is 16.8 Å². The van der Waals surface area contributed by atoms with Crippen LogP contribution in [-0.4, -0.2) is 22.4 Å². The fraction of sp³-hybridized carbons (Fsp3) is 0.292. The monoisotopic (exact) mass is 385 g/mol. The van der Waals surface area contributed by atoms with Gasteiger partial charge in [0.25, 0.3) is 5.56 Å². The molecule has 146 valence electrons. The van der Waals surface area contributed by atoms with Crippen molar-refractivity contribution in [3.8, 4) is 0 Å². The van der Waals surface area contributed by atoms with E-state index in [-0.39, 0.29) is 35.1 Å². The molecule has 0 unspecified atom stereocenters. The van der Waals surface area contributed by atoms with E-state index in [1.165, 1.54) is 5.56 Å². The topological polar surface area (TPSA) is 74.8 Å². The number of allylic oxidation sites excluding steroid dienone is 2. The Morgan fingerprint density at radius 2 is 1.79 bits per heavy atom. The van der Waals surface area contributed by atoms with Crippen LogP contribution in [0.5, 0.6) is 0 Å². The van der Waals surface area contributed by atoms with E-state index in [0.29, 0.717) is 23.3 Å². The van der Waals surface area contributed by atoms with Crippen molar-refractivity contribution in [2.24, 2.45) is 17.8 Å². The van der Waals surface area contributed by atoms with Gasteiger partial charge in [0.2, 0.25) is 5.91 Å². The highest BCUT2D eigenvalue weighted by Crippen LogP contribution is 2.52. The Hall–Kier alpha value is -3.21. The third-order valence-corrected chi connectivity index (χ3v) is 6.26. The zero-order valence-corrected chi connectivity index (χ0v) is 16.0. The number of aromatic nitrogens is 2. The first kappa shape index (κ1) is 17.9. The van der Waals surface area contributed by atoms with E-state index >= 15 is 0 Å². The molecule has 2 bridgehead atoms. The third-order valence-electron chi connectivity index (χ3n) is 6.26. The predicted molar refractivity (Wildman–Crippen MR) is 112 cm³/mol. The Labute approximate surface area is 168 Å². The van der Waals surface area contributed by atoms with Crippen LogP contribution in [0, 0.1) is 17.8 Å². The smallest absolute Gasteiger partial charge is 0.258 e. The number of hydrogen-bond acceptors (Lipinski definition) is 3. The molecule has 2 aromatic carbocycles. The summed E-state index contributed by atoms with van der Waals surface area (Å²) in [5, 5.41) is 3.70. The molecule has 1 fully saturated rings. The zero-order valence-electron chi connectivity index (χ0n) is 16.0. The molecule has 4 atom stereocenters. The van der Waals surface area contributed by atoms with E-state index in [1.54, 1.807) is 6.07 Å². The minimum Gasteiger partial charge on any atom is -0.355 e. The van der Waals surface area contributed by atoms with Gasteiger partial charge in [-0.15, -0.1) is 0 Å². The Morgan fingerprint density at radius 1 is 1.03 bits per heavy atom. The molecule has 3 aromatic rings. The molecule has 1 aromatic heterocycles. The summed E-state index contributed by atoms with van der Waals surface area (Å²) in [5.74, 6) is 0.865. The van der Waals surface area contributed by atoms with Gasteiger partial charge in [-0.2, -0.15) is 0 Å². The van der Waals surface area contributed by atoms with E-state index in [1.807, 2.05) is 36.4 Å². The van der Waals surface area contributed by atoms with E-state index in [9.17, 15) is 9.59 Å². The normalized spacial score (nSPS) is 24.8. The number of amides is 1. The van der Waals surface area contributed by atoms with E-state index < -0.39 is 0 Å². The number of hydrogen-bond donors (Lipinski definition) is 2. The van der Waals surface area contributed by atoms with Crippen LogP contribution in [0.4, 0.5) is 0 Å². The van der Waals surface area contributed by atoms with Crippen molar-refractivity contribution < 1.29 is 4.79 Å². The highest BCUT2D eigenvalue weighted by atomic mass is 16.2. The number of benzene rings is 2. The summed E-state index contributed by atoms with van der Waals surface area (Å²) in [6.45, 7) is 0.606. The van der Waals surface area contributed by atoms with Gasteiger partial charge in [0, 0.05) is 12.5 Å². The van der Waals surface area contributed by atoms with Crippen LogP contribution in [0.15, 0.2) is 71.5 Å². The van der Waals surface area contributed by atoms with Crippen molar-refractivity contribution in [3.05, 3.63) is 88.5 Å². The number of H-pyrrole nitrogens is 1. The van der Waals surface area contributed by atoms with Crippen LogP contribution >= 0.6 is 0 Å². The predicted octanol–water partition coefficient (Wildman–Crippen LogP) is 3.19. The molecule has 1 saturated carbocycles. The number of carbonyl (C=O) groups is 1. The molecule has 0 saturated heterocycles. The molecule has 5 heteroatoms. The van der Waals surface area contributed by atoms with Gasteiger partial charge in [0.1, 0.15) is 5.82 Å². The van der Waals surface area contributed by atoms with E-state index in [4.69, 9.17) is 4.98 Å². The van der Waals surface area contributed by atoms with Crippen LogP contribution in [0.1, 0.15) is 23.7 Å². The maximum Gasteiger partial charge on any atom is 0.258 e. The highest BCUT2D eigenvalue weighted by Gasteiger charge is 2.49. The van der Waals surface area contributed by atoms with E-state index in [2.05, 4.69) is 34.6 Å². The third kappa shape index (κ3) is 3.27. The summed E-state index contributed by atoms with van der Waals surface area (Å²) in [5.41, 5.74) is 1.75. The summed E-state index contributed by atoms with van der Waals surface area (Å²) in [6, 6.07) is 17.5. The van der Waals surface area contributed by atoms with Crippen molar-refractivity contribution in [2.75, 3.05) is 6.54 Å². The molecule has 0 spiro atoms. The largest absolute Gasteiger partial charge is 0.355 e. The lowest BCUT2D eigenvalue weighted by Crippen LogP contribution is -2.38. The van der Waals surface area contributed by atoms with Crippen molar-refractivity contribution >= 4 is 16.8 Å². The molecule has 2 N–H and O–H groups in total. The summed E-state index contributed by atoms with van der Waals surface area (Å²) < 4.78 is 0. The van der Waals surface area contributed by atoms with Gasteiger partial charge >= 0.3 is 0 Å². The molecule has 1 amide bonds. The quantitative estimate of drug-likeness (QED) is 0.663. The van der Waals surface area contributed by atoms with Gasteiger partial charge in [0.15, 0.2) is 0 Å². The van der Waals surface area contributed by atoms with Crippen LogP contribution in [0.25, 0.3) is 10.9 Å². The Morgan fingerprint density at radius 3 is 2.66 bits per heavy atom. The second-order valence-electron chi connectivity index (χ2n) is 7.99. The van der Waals surface area contributed by atoms with Gasteiger partial charge in [-0.25, -0.2) is 4.98 Å². The lowest BCUT2D eigenvalue weighted by molar-refractivity contribution is -0.126. The summed E-state index contributed by atoms with van der Waals surface area (Å²) in [6.07, 6.45) is 6.08. The standard InChI is InChI=1S/C24H23N3O2/c28-23-18-8-4-5-9-19(18)26-22(27-23)20-16-10-11-17(14-16)21(20)24(29)25-13-12-15-6-2-1-3-7-15/h1-11,16-17,20-21H,12-14H2,(H,25,29)(H,26,27,28)/t16-,17-,20+,21+/m0/s1. The van der Waals surface area contributed by atoms with E-state index in [0.717, 1.165) is 12.8 Å². The average molecular weight is 385 g/mol. The van der Waals surface area contributed by atoms with Gasteiger partial charge in [-0.05, 0) is 42.4 Å². The minimum absolute atomic E-state index is 0.0542. The first-order valence-electron chi connectivity index (χ1n) is 10.2. The van der Waals surface area contributed by atoms with Crippen molar-refractivity contribution in [1.82, 2.24) is 15.3 Å². The molecule has 5 nitrogen and oxygen atoms in total. The number of rotatable bonds is 5. The van der Waals surface area contributed by atoms with Gasteiger partial charge in [-0.1, -0.05) is 54.6 Å². The number of carbonyl (C=O) groups excluding carboxylic acids is 1. The molecule has 0 radical (unpaired) electrons. The second-order valence-corrected chi connectivity index (χ2v) is 7.99. The van der Waals surface area contributed by atoms with Crippen LogP contribution in [0.3, 0.4) is 0 Å². The Balaban J connectivity index is 1.38. The molecule has 5 rings (SSSR count). The number of aromatic amines is 1. The van der Waals surface area contributed by atoms with Crippen molar-refractivity contribution in [2.45, 2.75) is 18.8 Å². The van der Waals surface area contributed by atoms with Crippen molar-refractivity contribution in [1.29, 1.82) is 0 Å². The maximum absolute atomic E-state index is 13.1. The second kappa shape index (κ2) is 7.32. The lowest BCUT2D eigenvalue weighted by Gasteiger charge is -2.26. The van der Waals surface area contributed by atoms with Gasteiger partial charge in [-0.3, -0.25) is 9.59 Å². The first-order valence-corrected chi connectivity index (χ1v) is 10.2. The molecule has 29 heavy (non-hydrogen) atoms. The molecule has 2 aliphatic rings. The SMILES string of the molecule is O=C(NCCc1ccccc1)[C@H]1[C@H](c2nc3ccccc3c(=O)[nH]2)[C@H]2C=C[C@H]1C2. The van der Waals surface area contributed by atoms with Gasteiger partial charge < -0.3 is 10.3 Å². The Bertz CT molecular complexity index is 1140. The van der Waals surface area contributed by atoms with Crippen LogP contribution in [-0.2, 0) is 11.2 Å². The highest BCUT2D eigenvalue weighted by molar-refractivity contribution is 5.82. The molecular formula is C24H23N3O2. The molecule has 1 heterocycles. The first-order chi connectivity index (χ1) is 14.2.